The molecule has 0 saturated heterocycles. The van der Waals surface area contributed by atoms with E-state index in [9.17, 15) is 9.90 Å². The first-order valence-corrected chi connectivity index (χ1v) is 8.49. The number of benzene rings is 2. The van der Waals surface area contributed by atoms with Gasteiger partial charge < -0.3 is 25.2 Å². The molecule has 2 aromatic rings. The van der Waals surface area contributed by atoms with E-state index in [4.69, 9.17) is 9.47 Å². The zero-order chi connectivity index (χ0) is 19.1. The van der Waals surface area contributed by atoms with Gasteiger partial charge in [0.15, 0.2) is 0 Å². The van der Waals surface area contributed by atoms with Crippen molar-refractivity contribution in [2.45, 2.75) is 25.9 Å². The summed E-state index contributed by atoms with van der Waals surface area (Å²) in [6.07, 6.45) is -0.922. The van der Waals surface area contributed by atoms with E-state index in [0.29, 0.717) is 28.7 Å². The van der Waals surface area contributed by atoms with E-state index in [1.807, 2.05) is 24.3 Å². The minimum atomic E-state index is -0.922. The largest absolute Gasteiger partial charge is 0.497 e. The Hall–Kier alpha value is -2.73. The number of methoxy groups -OCH3 is 2. The van der Waals surface area contributed by atoms with Gasteiger partial charge in [-0.25, -0.2) is 4.79 Å². The topological polar surface area (TPSA) is 79.8 Å². The van der Waals surface area contributed by atoms with E-state index in [-0.39, 0.29) is 12.6 Å². The van der Waals surface area contributed by atoms with Crippen LogP contribution in [0.25, 0.3) is 0 Å². The van der Waals surface area contributed by atoms with Crippen LogP contribution in [0.4, 0.5) is 10.5 Å². The minimum absolute atomic E-state index is 0.0411. The summed E-state index contributed by atoms with van der Waals surface area (Å²) in [6, 6.07) is 12.4. The number of carbonyl (C=O) groups is 1. The van der Waals surface area contributed by atoms with Crippen LogP contribution in [0.5, 0.6) is 11.5 Å². The van der Waals surface area contributed by atoms with Crippen molar-refractivity contribution in [1.29, 1.82) is 0 Å². The van der Waals surface area contributed by atoms with Crippen LogP contribution in [0.1, 0.15) is 37.0 Å². The van der Waals surface area contributed by atoms with E-state index in [1.165, 1.54) is 12.7 Å². The first-order chi connectivity index (χ1) is 12.4. The Labute approximate surface area is 154 Å². The highest BCUT2D eigenvalue weighted by atomic mass is 16.5. The average molecular weight is 358 g/mol. The first-order valence-electron chi connectivity index (χ1n) is 8.49. The predicted molar refractivity (Wildman–Crippen MR) is 102 cm³/mol. The Kier molecular flexibility index (Phi) is 6.86. The summed E-state index contributed by atoms with van der Waals surface area (Å²) in [4.78, 5) is 12.1. The summed E-state index contributed by atoms with van der Waals surface area (Å²) in [7, 11) is 3.08. The fraction of sp³-hybridized carbons (Fsp3) is 0.350. The maximum absolute atomic E-state index is 12.1. The minimum Gasteiger partial charge on any atom is -0.497 e. The smallest absolute Gasteiger partial charge is 0.319 e. The highest BCUT2D eigenvalue weighted by molar-refractivity contribution is 5.89. The lowest BCUT2D eigenvalue weighted by atomic mass is 10.0. The van der Waals surface area contributed by atoms with E-state index in [1.54, 1.807) is 25.3 Å². The highest BCUT2D eigenvalue weighted by Crippen LogP contribution is 2.29. The lowest BCUT2D eigenvalue weighted by Crippen LogP contribution is -2.32. The number of aliphatic hydroxyl groups excluding tert-OH is 1. The van der Waals surface area contributed by atoms with Crippen LogP contribution in [-0.2, 0) is 0 Å². The molecule has 2 amide bonds. The molecule has 1 unspecified atom stereocenters. The van der Waals surface area contributed by atoms with Crippen molar-refractivity contribution in [3.63, 3.8) is 0 Å². The Bertz CT molecular complexity index is 729. The van der Waals surface area contributed by atoms with Gasteiger partial charge in [-0.15, -0.1) is 0 Å². The molecule has 0 bridgehead atoms. The van der Waals surface area contributed by atoms with Gasteiger partial charge in [0.1, 0.15) is 17.6 Å². The van der Waals surface area contributed by atoms with Gasteiger partial charge in [0.2, 0.25) is 0 Å². The third-order valence-electron chi connectivity index (χ3n) is 4.09. The summed E-state index contributed by atoms with van der Waals surface area (Å²) in [6.45, 7) is 4.27. The van der Waals surface area contributed by atoms with Crippen LogP contribution in [0.2, 0.25) is 0 Å². The number of hydrogen-bond acceptors (Lipinski definition) is 4. The van der Waals surface area contributed by atoms with E-state index in [0.717, 1.165) is 0 Å². The molecule has 0 aromatic heterocycles. The first kappa shape index (κ1) is 19.6. The van der Waals surface area contributed by atoms with Gasteiger partial charge in [0, 0.05) is 17.8 Å². The van der Waals surface area contributed by atoms with Gasteiger partial charge in [-0.3, -0.25) is 0 Å². The summed E-state index contributed by atoms with van der Waals surface area (Å²) >= 11 is 0. The molecule has 0 aliphatic carbocycles. The second-order valence-corrected chi connectivity index (χ2v) is 6.24. The third-order valence-corrected chi connectivity index (χ3v) is 4.09. The Morgan fingerprint density at radius 3 is 2.35 bits per heavy atom. The van der Waals surface area contributed by atoms with Crippen molar-refractivity contribution in [2.24, 2.45) is 0 Å². The molecule has 1 atom stereocenters. The van der Waals surface area contributed by atoms with Crippen molar-refractivity contribution < 1.29 is 19.4 Å². The van der Waals surface area contributed by atoms with Crippen molar-refractivity contribution >= 4 is 11.7 Å². The molecule has 0 spiro atoms. The number of carbonyl (C=O) groups excluding carboxylic acids is 1. The lowest BCUT2D eigenvalue weighted by molar-refractivity contribution is 0.170. The number of amides is 2. The number of hydrogen-bond donors (Lipinski definition) is 3. The predicted octanol–water partition coefficient (Wildman–Crippen LogP) is 3.68. The molecule has 0 aliphatic rings. The van der Waals surface area contributed by atoms with Crippen LogP contribution < -0.4 is 20.1 Å². The summed E-state index contributed by atoms with van der Waals surface area (Å²) in [5.74, 6) is 1.57. The van der Waals surface area contributed by atoms with E-state index >= 15 is 0 Å². The number of anilines is 1. The zero-order valence-electron chi connectivity index (χ0n) is 15.6. The molecule has 2 aromatic carbocycles. The van der Waals surface area contributed by atoms with Crippen molar-refractivity contribution in [3.8, 4) is 11.5 Å². The molecule has 0 aliphatic heterocycles. The van der Waals surface area contributed by atoms with Gasteiger partial charge in [-0.05, 0) is 41.8 Å². The van der Waals surface area contributed by atoms with Crippen LogP contribution in [0.15, 0.2) is 42.5 Å². The molecule has 0 saturated carbocycles. The normalized spacial score (nSPS) is 11.8. The molecular weight excluding hydrogens is 332 g/mol. The molecule has 26 heavy (non-hydrogen) atoms. The fourth-order valence-electron chi connectivity index (χ4n) is 2.53. The summed E-state index contributed by atoms with van der Waals surface area (Å²) in [5, 5.41) is 15.8. The summed E-state index contributed by atoms with van der Waals surface area (Å²) in [5.41, 5.74) is 2.45. The van der Waals surface area contributed by atoms with Crippen LogP contribution in [0.3, 0.4) is 0 Å². The fourth-order valence-corrected chi connectivity index (χ4v) is 2.53. The number of nitrogens with one attached hydrogen (secondary N) is 2. The number of urea groups is 1. The molecule has 6 heteroatoms. The molecular formula is C20H26N2O4. The van der Waals surface area contributed by atoms with E-state index < -0.39 is 6.10 Å². The van der Waals surface area contributed by atoms with Crippen LogP contribution in [0, 0.1) is 0 Å². The average Bonchev–Trinajstić information content (AvgIpc) is 2.65. The maximum atomic E-state index is 12.1. The second-order valence-electron chi connectivity index (χ2n) is 6.24. The second kappa shape index (κ2) is 9.10. The van der Waals surface area contributed by atoms with Crippen molar-refractivity contribution in [2.75, 3.05) is 26.1 Å². The highest BCUT2D eigenvalue weighted by Gasteiger charge is 2.15. The molecule has 6 nitrogen and oxygen atoms in total. The van der Waals surface area contributed by atoms with Gasteiger partial charge in [-0.1, -0.05) is 26.0 Å². The molecule has 0 radical (unpaired) electrons. The van der Waals surface area contributed by atoms with Crippen molar-refractivity contribution in [3.05, 3.63) is 53.6 Å². The van der Waals surface area contributed by atoms with Gasteiger partial charge in [0.05, 0.1) is 14.2 Å². The number of aliphatic hydroxyl groups is 1. The number of rotatable bonds is 7. The quantitative estimate of drug-likeness (QED) is 0.705. The van der Waals surface area contributed by atoms with E-state index in [2.05, 4.69) is 24.5 Å². The van der Waals surface area contributed by atoms with Crippen LogP contribution in [-0.4, -0.2) is 31.9 Å². The Balaban J connectivity index is 1.94. The summed E-state index contributed by atoms with van der Waals surface area (Å²) < 4.78 is 10.4. The molecule has 0 fully saturated rings. The number of ether oxygens (including phenoxy) is 2. The zero-order valence-corrected chi connectivity index (χ0v) is 15.6. The maximum Gasteiger partial charge on any atom is 0.319 e. The molecule has 140 valence electrons. The molecule has 2 rings (SSSR count). The Morgan fingerprint density at radius 2 is 1.77 bits per heavy atom. The molecule has 3 N–H and O–H groups in total. The molecule has 0 heterocycles. The van der Waals surface area contributed by atoms with Crippen LogP contribution >= 0.6 is 0 Å². The Morgan fingerprint density at radius 1 is 1.08 bits per heavy atom. The standard InChI is InChI=1S/C20H26N2O4/c1-13(2)14-5-7-15(8-6-14)22-20(24)21-12-18(23)17-11-16(25-3)9-10-19(17)26-4/h5-11,13,18,23H,12H2,1-4H3,(H2,21,22,24). The SMILES string of the molecule is COc1ccc(OC)c(C(O)CNC(=O)Nc2ccc(C(C)C)cc2)c1. The van der Waals surface area contributed by atoms with Gasteiger partial charge >= 0.3 is 6.03 Å². The third kappa shape index (κ3) is 5.13. The van der Waals surface area contributed by atoms with Gasteiger partial charge in [-0.2, -0.15) is 0 Å². The van der Waals surface area contributed by atoms with Crippen molar-refractivity contribution in [1.82, 2.24) is 5.32 Å². The monoisotopic (exact) mass is 358 g/mol. The lowest BCUT2D eigenvalue weighted by Gasteiger charge is -2.17. The van der Waals surface area contributed by atoms with Gasteiger partial charge in [0.25, 0.3) is 0 Å².